The summed E-state index contributed by atoms with van der Waals surface area (Å²) in [5.41, 5.74) is 0. The highest BCUT2D eigenvalue weighted by molar-refractivity contribution is 5.78. The zero-order valence-electron chi connectivity index (χ0n) is 6.60. The van der Waals surface area contributed by atoms with Crippen molar-refractivity contribution in [3.05, 3.63) is 0 Å². The van der Waals surface area contributed by atoms with Crippen molar-refractivity contribution in [1.29, 1.82) is 0 Å². The van der Waals surface area contributed by atoms with Crippen LogP contribution in [0.15, 0.2) is 0 Å². The van der Waals surface area contributed by atoms with Gasteiger partial charge in [0.05, 0.1) is 0 Å². The number of carbonyl (C=O) groups is 1. The molecule has 66 valence electrons. The third kappa shape index (κ3) is 3.87. The number of hydrogen-bond donors (Lipinski definition) is 1. The highest BCUT2D eigenvalue weighted by Crippen LogP contribution is 1.96. The first-order chi connectivity index (χ1) is 5.09. The van der Waals surface area contributed by atoms with Crippen LogP contribution in [0.25, 0.3) is 0 Å². The lowest BCUT2D eigenvalue weighted by molar-refractivity contribution is -0.141. The Hall–Kier alpha value is -0.710. The second-order valence-corrected chi connectivity index (χ2v) is 2.16. The van der Waals surface area contributed by atoms with E-state index in [2.05, 4.69) is 5.32 Å². The van der Waals surface area contributed by atoms with Gasteiger partial charge in [-0.3, -0.25) is 4.79 Å². The Morgan fingerprint density at radius 2 is 2.18 bits per heavy atom. The second kappa shape index (κ2) is 5.01. The molecule has 0 heterocycles. The Kier molecular flexibility index (Phi) is 4.69. The van der Waals surface area contributed by atoms with E-state index in [4.69, 9.17) is 0 Å². The Balaban J connectivity index is 3.64. The van der Waals surface area contributed by atoms with Gasteiger partial charge in [-0.1, -0.05) is 0 Å². The molecule has 1 amide bonds. The number of rotatable bonds is 4. The van der Waals surface area contributed by atoms with Crippen molar-refractivity contribution in [2.24, 2.45) is 0 Å². The van der Waals surface area contributed by atoms with Gasteiger partial charge in [-0.15, -0.1) is 0 Å². The van der Waals surface area contributed by atoms with Crippen LogP contribution in [0.2, 0.25) is 0 Å². The molecule has 0 saturated heterocycles. The van der Waals surface area contributed by atoms with Crippen molar-refractivity contribution in [3.8, 4) is 0 Å². The van der Waals surface area contributed by atoms with Gasteiger partial charge in [0.25, 0.3) is 5.91 Å². The quantitative estimate of drug-likeness (QED) is 0.634. The molecule has 3 nitrogen and oxygen atoms in total. The Labute approximate surface area is 64.4 Å². The van der Waals surface area contributed by atoms with Crippen molar-refractivity contribution in [1.82, 2.24) is 10.2 Å². The molecular formula is C6H12F2N2O. The Bertz CT molecular complexity index is 130. The van der Waals surface area contributed by atoms with Crippen LogP contribution < -0.4 is 5.32 Å². The number of nitrogens with one attached hydrogen (secondary N) is 1. The molecule has 0 aromatic carbocycles. The molecule has 0 unspecified atom stereocenters. The standard InChI is InChI=1S/C6H12F2N2O/c1-9-3-4-10(2)6(11)5(7)8/h5,9H,3-4H2,1-2H3. The van der Waals surface area contributed by atoms with Crippen molar-refractivity contribution in [3.63, 3.8) is 0 Å². The van der Waals surface area contributed by atoms with Crippen LogP contribution in [0, 0.1) is 0 Å². The van der Waals surface area contributed by atoms with Crippen LogP contribution >= 0.6 is 0 Å². The van der Waals surface area contributed by atoms with E-state index in [1.807, 2.05) is 0 Å². The van der Waals surface area contributed by atoms with Gasteiger partial charge in [0.2, 0.25) is 0 Å². The Morgan fingerprint density at radius 3 is 2.55 bits per heavy atom. The molecule has 0 spiro atoms. The van der Waals surface area contributed by atoms with E-state index in [-0.39, 0.29) is 0 Å². The summed E-state index contributed by atoms with van der Waals surface area (Å²) in [6.45, 7) is 0.828. The Morgan fingerprint density at radius 1 is 1.64 bits per heavy atom. The predicted octanol–water partition coefficient (Wildman–Crippen LogP) is -0.0707. The maximum absolute atomic E-state index is 11.7. The summed E-state index contributed by atoms with van der Waals surface area (Å²) in [5, 5.41) is 2.75. The molecule has 5 heteroatoms. The lowest BCUT2D eigenvalue weighted by atomic mass is 10.5. The molecule has 11 heavy (non-hydrogen) atoms. The summed E-state index contributed by atoms with van der Waals surface area (Å²) in [6, 6.07) is 0. The first-order valence-corrected chi connectivity index (χ1v) is 3.27. The fourth-order valence-electron chi connectivity index (χ4n) is 0.556. The van der Waals surface area contributed by atoms with Gasteiger partial charge in [0.1, 0.15) is 0 Å². The summed E-state index contributed by atoms with van der Waals surface area (Å²) in [6.07, 6.45) is -2.89. The normalized spacial score (nSPS) is 10.3. The summed E-state index contributed by atoms with van der Waals surface area (Å²) in [5.74, 6) is -1.12. The maximum atomic E-state index is 11.7. The van der Waals surface area contributed by atoms with Gasteiger partial charge in [0.15, 0.2) is 0 Å². The number of amides is 1. The van der Waals surface area contributed by atoms with Gasteiger partial charge in [-0.2, -0.15) is 8.78 Å². The zero-order valence-corrected chi connectivity index (χ0v) is 6.60. The third-order valence-corrected chi connectivity index (χ3v) is 1.26. The minimum atomic E-state index is -2.89. The highest BCUT2D eigenvalue weighted by atomic mass is 19.3. The average Bonchev–Trinajstić information content (AvgIpc) is 1.98. The number of likely N-dealkylation sites (N-methyl/N-ethyl adjacent to an activating group) is 2. The van der Waals surface area contributed by atoms with Crippen LogP contribution in [0.4, 0.5) is 8.78 Å². The van der Waals surface area contributed by atoms with Crippen LogP contribution in [-0.4, -0.2) is 44.4 Å². The minimum Gasteiger partial charge on any atom is -0.340 e. The largest absolute Gasteiger partial charge is 0.340 e. The van der Waals surface area contributed by atoms with Gasteiger partial charge < -0.3 is 10.2 Å². The van der Waals surface area contributed by atoms with Gasteiger partial charge in [-0.25, -0.2) is 0 Å². The maximum Gasteiger partial charge on any atom is 0.315 e. The van der Waals surface area contributed by atoms with Gasteiger partial charge >= 0.3 is 6.43 Å². The SMILES string of the molecule is CNCCN(C)C(=O)C(F)F. The van der Waals surface area contributed by atoms with E-state index in [0.717, 1.165) is 4.90 Å². The number of nitrogens with zero attached hydrogens (tertiary/aromatic N) is 1. The first kappa shape index (κ1) is 10.3. The monoisotopic (exact) mass is 166 g/mol. The minimum absolute atomic E-state index is 0.305. The van der Waals surface area contributed by atoms with Gasteiger partial charge in [-0.05, 0) is 7.05 Å². The zero-order chi connectivity index (χ0) is 8.85. The number of alkyl halides is 2. The fourth-order valence-corrected chi connectivity index (χ4v) is 0.556. The fraction of sp³-hybridized carbons (Fsp3) is 0.833. The lowest BCUT2D eigenvalue weighted by Crippen LogP contribution is -2.36. The van der Waals surface area contributed by atoms with E-state index >= 15 is 0 Å². The first-order valence-electron chi connectivity index (χ1n) is 3.27. The average molecular weight is 166 g/mol. The second-order valence-electron chi connectivity index (χ2n) is 2.16. The van der Waals surface area contributed by atoms with E-state index in [1.165, 1.54) is 7.05 Å². The highest BCUT2D eigenvalue weighted by Gasteiger charge is 2.18. The smallest absolute Gasteiger partial charge is 0.315 e. The number of halogens is 2. The molecular weight excluding hydrogens is 154 g/mol. The van der Waals surface area contributed by atoms with E-state index in [0.29, 0.717) is 13.1 Å². The summed E-state index contributed by atoms with van der Waals surface area (Å²) < 4.78 is 23.4. The molecule has 0 rings (SSSR count). The van der Waals surface area contributed by atoms with Crippen molar-refractivity contribution >= 4 is 5.91 Å². The molecule has 0 atom stereocenters. The predicted molar refractivity (Wildman–Crippen MR) is 37.6 cm³/mol. The van der Waals surface area contributed by atoms with Crippen molar-refractivity contribution in [2.45, 2.75) is 6.43 Å². The molecule has 0 radical (unpaired) electrons. The van der Waals surface area contributed by atoms with E-state index in [1.54, 1.807) is 7.05 Å². The summed E-state index contributed by atoms with van der Waals surface area (Å²) >= 11 is 0. The molecule has 0 bridgehead atoms. The molecule has 0 fully saturated rings. The van der Waals surface area contributed by atoms with Crippen LogP contribution in [0.5, 0.6) is 0 Å². The van der Waals surface area contributed by atoms with Crippen LogP contribution in [-0.2, 0) is 4.79 Å². The molecule has 0 saturated carbocycles. The molecule has 0 aromatic heterocycles. The van der Waals surface area contributed by atoms with Crippen LogP contribution in [0.1, 0.15) is 0 Å². The number of carbonyl (C=O) groups excluding carboxylic acids is 1. The molecule has 0 aliphatic heterocycles. The summed E-state index contributed by atoms with van der Waals surface area (Å²) in [7, 11) is 3.05. The van der Waals surface area contributed by atoms with Crippen LogP contribution in [0.3, 0.4) is 0 Å². The third-order valence-electron chi connectivity index (χ3n) is 1.26. The number of hydrogen-bond acceptors (Lipinski definition) is 2. The molecule has 1 N–H and O–H groups in total. The van der Waals surface area contributed by atoms with E-state index < -0.39 is 12.3 Å². The van der Waals surface area contributed by atoms with E-state index in [9.17, 15) is 13.6 Å². The summed E-state index contributed by atoms with van der Waals surface area (Å²) in [4.78, 5) is 11.5. The van der Waals surface area contributed by atoms with Gasteiger partial charge in [0, 0.05) is 20.1 Å². The molecule has 0 aromatic rings. The van der Waals surface area contributed by atoms with Crippen molar-refractivity contribution in [2.75, 3.05) is 27.2 Å². The molecule has 0 aliphatic carbocycles. The van der Waals surface area contributed by atoms with Crippen molar-refractivity contribution < 1.29 is 13.6 Å². The lowest BCUT2D eigenvalue weighted by Gasteiger charge is -2.15. The topological polar surface area (TPSA) is 32.3 Å². The molecule has 0 aliphatic rings.